The molecule has 1 saturated heterocycles. The lowest BCUT2D eigenvalue weighted by molar-refractivity contribution is 0.0297. The molecule has 1 aromatic heterocycles. The number of ether oxygens (including phenoxy) is 1. The molecule has 0 aliphatic carbocycles. The third kappa shape index (κ3) is 3.66. The van der Waals surface area contributed by atoms with Crippen molar-refractivity contribution in [2.75, 3.05) is 32.8 Å². The summed E-state index contributed by atoms with van der Waals surface area (Å²) in [6.07, 6.45) is 2.99. The molecule has 26 heavy (non-hydrogen) atoms. The molecular weight excluding hydrogens is 328 g/mol. The van der Waals surface area contributed by atoms with Gasteiger partial charge in [0.25, 0.3) is 5.91 Å². The number of hydrogen-bond acceptors (Lipinski definition) is 4. The molecule has 0 saturated carbocycles. The quantitative estimate of drug-likeness (QED) is 0.887. The van der Waals surface area contributed by atoms with Gasteiger partial charge >= 0.3 is 0 Å². The molecule has 0 atom stereocenters. The van der Waals surface area contributed by atoms with Gasteiger partial charge in [0.1, 0.15) is 0 Å². The second-order valence-electron chi connectivity index (χ2n) is 6.92. The van der Waals surface area contributed by atoms with Crippen LogP contribution in [0, 0.1) is 0 Å². The standard InChI is InChI=1S/C20H26N4O2/c25-20(23-11-13-26-14-12-23)19-17-15-21-9-8-18(17)24(22-19)10-4-7-16-5-2-1-3-6-16/h1-3,5-6,21H,4,7-15H2. The lowest BCUT2D eigenvalue weighted by Crippen LogP contribution is -2.41. The summed E-state index contributed by atoms with van der Waals surface area (Å²) in [7, 11) is 0. The molecule has 1 fully saturated rings. The van der Waals surface area contributed by atoms with E-state index in [-0.39, 0.29) is 5.91 Å². The molecule has 138 valence electrons. The van der Waals surface area contributed by atoms with E-state index in [1.807, 2.05) is 11.0 Å². The first-order valence-electron chi connectivity index (χ1n) is 9.53. The number of aryl methyl sites for hydroxylation is 2. The molecule has 0 radical (unpaired) electrons. The van der Waals surface area contributed by atoms with Crippen molar-refractivity contribution in [1.82, 2.24) is 20.0 Å². The first-order chi connectivity index (χ1) is 12.8. The van der Waals surface area contributed by atoms with Crippen LogP contribution in [-0.2, 0) is 30.7 Å². The Bertz CT molecular complexity index is 751. The fourth-order valence-electron chi connectivity index (χ4n) is 3.77. The molecule has 4 rings (SSSR count). The van der Waals surface area contributed by atoms with Gasteiger partial charge < -0.3 is 15.0 Å². The summed E-state index contributed by atoms with van der Waals surface area (Å²) in [4.78, 5) is 14.8. The first-order valence-corrected chi connectivity index (χ1v) is 9.53. The summed E-state index contributed by atoms with van der Waals surface area (Å²) >= 11 is 0. The van der Waals surface area contributed by atoms with Crippen molar-refractivity contribution < 1.29 is 9.53 Å². The Kier molecular flexibility index (Phi) is 5.32. The molecule has 6 nitrogen and oxygen atoms in total. The zero-order chi connectivity index (χ0) is 17.8. The second-order valence-corrected chi connectivity index (χ2v) is 6.92. The molecule has 6 heteroatoms. The minimum absolute atomic E-state index is 0.0510. The van der Waals surface area contributed by atoms with Crippen molar-refractivity contribution in [1.29, 1.82) is 0 Å². The van der Waals surface area contributed by atoms with Crippen molar-refractivity contribution >= 4 is 5.91 Å². The number of amides is 1. The number of aromatic nitrogens is 2. The van der Waals surface area contributed by atoms with Crippen molar-refractivity contribution in [3.63, 3.8) is 0 Å². The first kappa shape index (κ1) is 17.2. The van der Waals surface area contributed by atoms with Gasteiger partial charge in [0.2, 0.25) is 0 Å². The normalized spacial score (nSPS) is 17.2. The van der Waals surface area contributed by atoms with Gasteiger partial charge in [-0.15, -0.1) is 0 Å². The van der Waals surface area contributed by atoms with E-state index in [1.165, 1.54) is 11.3 Å². The van der Waals surface area contributed by atoms with Crippen LogP contribution in [-0.4, -0.2) is 53.4 Å². The van der Waals surface area contributed by atoms with E-state index in [2.05, 4.69) is 34.3 Å². The highest BCUT2D eigenvalue weighted by molar-refractivity contribution is 5.94. The van der Waals surface area contributed by atoms with Crippen LogP contribution >= 0.6 is 0 Å². The van der Waals surface area contributed by atoms with Crippen molar-refractivity contribution in [2.45, 2.75) is 32.4 Å². The van der Waals surface area contributed by atoms with E-state index in [4.69, 9.17) is 9.84 Å². The van der Waals surface area contributed by atoms with Crippen LogP contribution in [0.2, 0.25) is 0 Å². The van der Waals surface area contributed by atoms with Crippen LogP contribution in [0.4, 0.5) is 0 Å². The predicted molar refractivity (Wildman–Crippen MR) is 99.1 cm³/mol. The number of nitrogens with one attached hydrogen (secondary N) is 1. The van der Waals surface area contributed by atoms with Gasteiger partial charge in [-0.1, -0.05) is 30.3 Å². The summed E-state index contributed by atoms with van der Waals surface area (Å²) in [6.45, 7) is 5.08. The maximum Gasteiger partial charge on any atom is 0.274 e. The van der Waals surface area contributed by atoms with Crippen molar-refractivity contribution in [3.05, 3.63) is 52.8 Å². The predicted octanol–water partition coefficient (Wildman–Crippen LogP) is 1.63. The fourth-order valence-corrected chi connectivity index (χ4v) is 3.77. The average molecular weight is 354 g/mol. The minimum Gasteiger partial charge on any atom is -0.378 e. The van der Waals surface area contributed by atoms with E-state index in [9.17, 15) is 4.79 Å². The highest BCUT2D eigenvalue weighted by atomic mass is 16.5. The van der Waals surface area contributed by atoms with Crippen LogP contribution in [0.15, 0.2) is 30.3 Å². The summed E-state index contributed by atoms with van der Waals surface area (Å²) in [5, 5.41) is 8.13. The number of hydrogen-bond donors (Lipinski definition) is 1. The highest BCUT2D eigenvalue weighted by Gasteiger charge is 2.28. The Morgan fingerprint density at radius 3 is 2.81 bits per heavy atom. The fraction of sp³-hybridized carbons (Fsp3) is 0.500. The largest absolute Gasteiger partial charge is 0.378 e. The van der Waals surface area contributed by atoms with Crippen LogP contribution in [0.25, 0.3) is 0 Å². The molecule has 3 heterocycles. The summed E-state index contributed by atoms with van der Waals surface area (Å²) in [5.41, 5.74) is 4.30. The molecule has 2 aliphatic heterocycles. The zero-order valence-electron chi connectivity index (χ0n) is 15.1. The smallest absolute Gasteiger partial charge is 0.274 e. The van der Waals surface area contributed by atoms with E-state index in [0.29, 0.717) is 32.0 Å². The van der Waals surface area contributed by atoms with E-state index in [0.717, 1.165) is 44.5 Å². The van der Waals surface area contributed by atoms with E-state index in [1.54, 1.807) is 0 Å². The van der Waals surface area contributed by atoms with Gasteiger partial charge in [-0.25, -0.2) is 0 Å². The topological polar surface area (TPSA) is 59.4 Å². The number of carbonyl (C=O) groups is 1. The Balaban J connectivity index is 1.49. The van der Waals surface area contributed by atoms with Gasteiger partial charge in [-0.05, 0) is 18.4 Å². The summed E-state index contributed by atoms with van der Waals surface area (Å²) in [5.74, 6) is 0.0510. The molecular formula is C20H26N4O2. The van der Waals surface area contributed by atoms with Gasteiger partial charge in [0, 0.05) is 50.4 Å². The molecule has 1 N–H and O–H groups in total. The van der Waals surface area contributed by atoms with Crippen LogP contribution < -0.4 is 5.32 Å². The third-order valence-electron chi connectivity index (χ3n) is 5.19. The van der Waals surface area contributed by atoms with Gasteiger partial charge in [0.05, 0.1) is 13.2 Å². The second kappa shape index (κ2) is 8.01. The number of rotatable bonds is 5. The number of morpholine rings is 1. The van der Waals surface area contributed by atoms with Crippen molar-refractivity contribution in [3.8, 4) is 0 Å². The van der Waals surface area contributed by atoms with Gasteiger partial charge in [-0.3, -0.25) is 9.48 Å². The molecule has 2 aliphatic rings. The summed E-state index contributed by atoms with van der Waals surface area (Å²) in [6, 6.07) is 10.5. The Labute approximate surface area is 154 Å². The SMILES string of the molecule is O=C(c1nn(CCCc2ccccc2)c2c1CNCC2)N1CCOCC1. The molecule has 0 spiro atoms. The van der Waals surface area contributed by atoms with Crippen LogP contribution in [0.5, 0.6) is 0 Å². The van der Waals surface area contributed by atoms with E-state index < -0.39 is 0 Å². The Morgan fingerprint density at radius 1 is 1.19 bits per heavy atom. The van der Waals surface area contributed by atoms with Crippen LogP contribution in [0.1, 0.15) is 33.7 Å². The van der Waals surface area contributed by atoms with Crippen LogP contribution in [0.3, 0.4) is 0 Å². The lowest BCUT2D eigenvalue weighted by Gasteiger charge is -2.26. The molecule has 0 bridgehead atoms. The Hall–Kier alpha value is -2.18. The molecule has 0 unspecified atom stereocenters. The number of carbonyl (C=O) groups excluding carboxylic acids is 1. The van der Waals surface area contributed by atoms with E-state index >= 15 is 0 Å². The summed E-state index contributed by atoms with van der Waals surface area (Å²) < 4.78 is 7.44. The number of nitrogens with zero attached hydrogens (tertiary/aromatic N) is 3. The highest BCUT2D eigenvalue weighted by Crippen LogP contribution is 2.21. The maximum atomic E-state index is 12.9. The monoisotopic (exact) mass is 354 g/mol. The number of fused-ring (bicyclic) bond motifs is 1. The van der Waals surface area contributed by atoms with Gasteiger partial charge in [0.15, 0.2) is 5.69 Å². The third-order valence-corrected chi connectivity index (χ3v) is 5.19. The maximum absolute atomic E-state index is 12.9. The van der Waals surface area contributed by atoms with Crippen molar-refractivity contribution in [2.24, 2.45) is 0 Å². The minimum atomic E-state index is 0.0510. The van der Waals surface area contributed by atoms with Gasteiger partial charge in [-0.2, -0.15) is 5.10 Å². The zero-order valence-corrected chi connectivity index (χ0v) is 15.1. The molecule has 1 amide bonds. The Morgan fingerprint density at radius 2 is 2.00 bits per heavy atom. The lowest BCUT2D eigenvalue weighted by atomic mass is 10.1. The number of benzene rings is 1. The average Bonchev–Trinajstić information content (AvgIpc) is 3.08. The molecule has 2 aromatic rings. The molecule has 1 aromatic carbocycles.